The van der Waals surface area contributed by atoms with Gasteiger partial charge in [0.2, 0.25) is 11.8 Å². The average molecular weight is 416 g/mol. The van der Waals surface area contributed by atoms with Crippen LogP contribution in [-0.2, 0) is 4.74 Å². The molecule has 30 heavy (non-hydrogen) atoms. The Hall–Kier alpha value is -2.03. The Labute approximate surface area is 178 Å². The molecule has 2 aromatic heterocycles. The zero-order valence-electron chi connectivity index (χ0n) is 18.2. The van der Waals surface area contributed by atoms with Crippen LogP contribution in [0.5, 0.6) is 5.88 Å². The number of ether oxygens (including phenoxy) is 2. The third-order valence-electron chi connectivity index (χ3n) is 6.17. The highest BCUT2D eigenvalue weighted by Gasteiger charge is 2.27. The first kappa shape index (κ1) is 21.2. The minimum Gasteiger partial charge on any atom is -0.472 e. The third-order valence-corrected chi connectivity index (χ3v) is 6.17. The van der Waals surface area contributed by atoms with Crippen molar-refractivity contribution in [3.05, 3.63) is 18.0 Å². The molecule has 0 radical (unpaired) electrons. The summed E-state index contributed by atoms with van der Waals surface area (Å²) in [5.41, 5.74) is 2.02. The van der Waals surface area contributed by atoms with Gasteiger partial charge in [0, 0.05) is 44.2 Å². The number of anilines is 1. The van der Waals surface area contributed by atoms with Gasteiger partial charge in [-0.1, -0.05) is 0 Å². The zero-order chi connectivity index (χ0) is 21.1. The first-order valence-corrected chi connectivity index (χ1v) is 11.0. The number of rotatable bonds is 7. The smallest absolute Gasteiger partial charge is 0.224 e. The lowest BCUT2D eigenvalue weighted by Crippen LogP contribution is -2.23. The van der Waals surface area contributed by atoms with Gasteiger partial charge >= 0.3 is 0 Å². The molecule has 1 aliphatic carbocycles. The SMILES string of the molecule is COC[C@H](C)Nc1ncc2c(O[C@@H]3CCN(C)C3)ncc([C@H]3CC[C@H](O)CC3)c2n1. The fourth-order valence-electron chi connectivity index (χ4n) is 4.53. The average Bonchev–Trinajstić information content (AvgIpc) is 3.14. The van der Waals surface area contributed by atoms with Crippen molar-refractivity contribution < 1.29 is 14.6 Å². The molecule has 1 saturated heterocycles. The van der Waals surface area contributed by atoms with Gasteiger partial charge in [0.15, 0.2) is 0 Å². The Balaban J connectivity index is 1.67. The molecule has 2 aliphatic rings. The third kappa shape index (κ3) is 4.82. The summed E-state index contributed by atoms with van der Waals surface area (Å²) in [5, 5.41) is 14.1. The Bertz CT molecular complexity index is 856. The van der Waals surface area contributed by atoms with Gasteiger partial charge < -0.3 is 24.8 Å². The maximum absolute atomic E-state index is 9.92. The van der Waals surface area contributed by atoms with Gasteiger partial charge in [-0.25, -0.2) is 15.0 Å². The van der Waals surface area contributed by atoms with E-state index in [1.165, 1.54) is 0 Å². The molecule has 4 rings (SSSR count). The van der Waals surface area contributed by atoms with Crippen LogP contribution in [0.4, 0.5) is 5.95 Å². The van der Waals surface area contributed by atoms with E-state index in [1.54, 1.807) is 7.11 Å². The maximum Gasteiger partial charge on any atom is 0.224 e. The van der Waals surface area contributed by atoms with Gasteiger partial charge in [-0.15, -0.1) is 0 Å². The molecule has 2 fully saturated rings. The number of fused-ring (bicyclic) bond motifs is 1. The highest BCUT2D eigenvalue weighted by atomic mass is 16.5. The molecule has 0 aromatic carbocycles. The number of pyridine rings is 1. The van der Waals surface area contributed by atoms with Crippen molar-refractivity contribution in [2.75, 3.05) is 39.2 Å². The standard InChI is InChI=1S/C22H33N5O3/c1-14(13-29-3)25-22-24-11-19-20(26-22)18(15-4-6-16(28)7-5-15)10-23-21(19)30-17-8-9-27(2)12-17/h10-11,14-17,28H,4-9,12-13H2,1-3H3,(H,24,25,26)/t14-,15-,16-,17+/m0/s1. The number of aromatic nitrogens is 3. The molecule has 2 N–H and O–H groups in total. The molecule has 3 heterocycles. The van der Waals surface area contributed by atoms with Crippen molar-refractivity contribution in [2.45, 2.75) is 63.2 Å². The van der Waals surface area contributed by atoms with Crippen LogP contribution in [0.1, 0.15) is 50.5 Å². The lowest BCUT2D eigenvalue weighted by molar-refractivity contribution is 0.122. The monoisotopic (exact) mass is 415 g/mol. The molecule has 1 aliphatic heterocycles. The van der Waals surface area contributed by atoms with E-state index in [9.17, 15) is 5.11 Å². The fourth-order valence-corrected chi connectivity index (χ4v) is 4.53. The summed E-state index contributed by atoms with van der Waals surface area (Å²) >= 11 is 0. The Morgan fingerprint density at radius 2 is 2.00 bits per heavy atom. The second-order valence-corrected chi connectivity index (χ2v) is 8.77. The van der Waals surface area contributed by atoms with E-state index in [4.69, 9.17) is 14.5 Å². The summed E-state index contributed by atoms with van der Waals surface area (Å²) in [6.45, 7) is 4.56. The number of methoxy groups -OCH3 is 1. The first-order valence-electron chi connectivity index (χ1n) is 11.0. The number of nitrogens with one attached hydrogen (secondary N) is 1. The van der Waals surface area contributed by atoms with Gasteiger partial charge in [-0.3, -0.25) is 0 Å². The topological polar surface area (TPSA) is 92.6 Å². The molecular formula is C22H33N5O3. The Morgan fingerprint density at radius 3 is 2.70 bits per heavy atom. The molecule has 0 amide bonds. The van der Waals surface area contributed by atoms with E-state index < -0.39 is 0 Å². The first-order chi connectivity index (χ1) is 14.5. The van der Waals surface area contributed by atoms with Gasteiger partial charge in [0.25, 0.3) is 0 Å². The predicted molar refractivity (Wildman–Crippen MR) is 116 cm³/mol. The molecule has 2 atom stereocenters. The summed E-state index contributed by atoms with van der Waals surface area (Å²) in [4.78, 5) is 16.4. The van der Waals surface area contributed by atoms with Crippen LogP contribution < -0.4 is 10.1 Å². The van der Waals surface area contributed by atoms with E-state index in [0.717, 1.165) is 61.7 Å². The molecule has 0 unspecified atom stereocenters. The van der Waals surface area contributed by atoms with Crippen LogP contribution in [0.25, 0.3) is 10.9 Å². The van der Waals surface area contributed by atoms with Crippen LogP contribution in [-0.4, -0.2) is 77.1 Å². The molecule has 8 nitrogen and oxygen atoms in total. The number of hydrogen-bond donors (Lipinski definition) is 2. The number of likely N-dealkylation sites (N-methyl/N-ethyl adjacent to an activating group) is 1. The van der Waals surface area contributed by atoms with Gasteiger partial charge in [-0.05, 0) is 52.0 Å². The van der Waals surface area contributed by atoms with E-state index in [1.807, 2.05) is 19.3 Å². The number of aliphatic hydroxyl groups is 1. The van der Waals surface area contributed by atoms with Crippen LogP contribution in [0.15, 0.2) is 12.4 Å². The van der Waals surface area contributed by atoms with Crippen molar-refractivity contribution in [2.24, 2.45) is 0 Å². The van der Waals surface area contributed by atoms with Crippen molar-refractivity contribution in [1.29, 1.82) is 0 Å². The molecule has 8 heteroatoms. The van der Waals surface area contributed by atoms with E-state index in [0.29, 0.717) is 24.4 Å². The number of likely N-dealkylation sites (tertiary alicyclic amines) is 1. The molecule has 0 spiro atoms. The lowest BCUT2D eigenvalue weighted by atomic mass is 9.83. The van der Waals surface area contributed by atoms with Crippen LogP contribution in [0.3, 0.4) is 0 Å². The molecule has 1 saturated carbocycles. The quantitative estimate of drug-likeness (QED) is 0.713. The summed E-state index contributed by atoms with van der Waals surface area (Å²) in [7, 11) is 3.79. The fraction of sp³-hybridized carbons (Fsp3) is 0.682. The summed E-state index contributed by atoms with van der Waals surface area (Å²) in [6.07, 6.45) is 8.22. The van der Waals surface area contributed by atoms with E-state index >= 15 is 0 Å². The molecule has 2 aromatic rings. The largest absolute Gasteiger partial charge is 0.472 e. The minimum absolute atomic E-state index is 0.104. The number of aliphatic hydroxyl groups excluding tert-OH is 1. The number of hydrogen-bond acceptors (Lipinski definition) is 8. The summed E-state index contributed by atoms with van der Waals surface area (Å²) < 4.78 is 11.5. The van der Waals surface area contributed by atoms with Crippen molar-refractivity contribution in [1.82, 2.24) is 19.9 Å². The highest BCUT2D eigenvalue weighted by Crippen LogP contribution is 2.38. The minimum atomic E-state index is -0.191. The maximum atomic E-state index is 9.92. The summed E-state index contributed by atoms with van der Waals surface area (Å²) in [5.74, 6) is 1.54. The Morgan fingerprint density at radius 1 is 1.20 bits per heavy atom. The van der Waals surface area contributed by atoms with Gasteiger partial charge in [0.05, 0.1) is 23.6 Å². The molecular weight excluding hydrogens is 382 g/mol. The van der Waals surface area contributed by atoms with Crippen molar-refractivity contribution in [3.63, 3.8) is 0 Å². The second kappa shape index (κ2) is 9.41. The normalized spacial score (nSPS) is 26.1. The molecule has 0 bridgehead atoms. The van der Waals surface area contributed by atoms with E-state index in [2.05, 4.69) is 27.2 Å². The van der Waals surface area contributed by atoms with Crippen LogP contribution in [0, 0.1) is 0 Å². The van der Waals surface area contributed by atoms with Crippen LogP contribution in [0.2, 0.25) is 0 Å². The molecule has 164 valence electrons. The number of nitrogens with zero attached hydrogens (tertiary/aromatic N) is 4. The second-order valence-electron chi connectivity index (χ2n) is 8.77. The van der Waals surface area contributed by atoms with E-state index in [-0.39, 0.29) is 18.2 Å². The van der Waals surface area contributed by atoms with Gasteiger partial charge in [0.1, 0.15) is 6.10 Å². The summed E-state index contributed by atoms with van der Waals surface area (Å²) in [6, 6.07) is 0.104. The van der Waals surface area contributed by atoms with Gasteiger partial charge in [-0.2, -0.15) is 0 Å². The lowest BCUT2D eigenvalue weighted by Gasteiger charge is -2.26. The van der Waals surface area contributed by atoms with Crippen molar-refractivity contribution in [3.8, 4) is 5.88 Å². The Kier molecular flexibility index (Phi) is 6.65. The van der Waals surface area contributed by atoms with Crippen molar-refractivity contribution >= 4 is 16.9 Å². The zero-order valence-corrected chi connectivity index (χ0v) is 18.2. The highest BCUT2D eigenvalue weighted by molar-refractivity contribution is 5.86. The van der Waals surface area contributed by atoms with Crippen LogP contribution >= 0.6 is 0 Å². The predicted octanol–water partition coefficient (Wildman–Crippen LogP) is 2.57.